The Morgan fingerprint density at radius 2 is 1.74 bits per heavy atom. The zero-order valence-corrected chi connectivity index (χ0v) is 12.9. The lowest BCUT2D eigenvalue weighted by atomic mass is 10.2. The zero-order chi connectivity index (χ0) is 14.6. The van der Waals surface area contributed by atoms with E-state index in [0.29, 0.717) is 23.7 Å². The molecule has 0 saturated carbocycles. The van der Waals surface area contributed by atoms with Crippen LogP contribution in [0.25, 0.3) is 0 Å². The van der Waals surface area contributed by atoms with E-state index in [-0.39, 0.29) is 11.8 Å². The van der Waals surface area contributed by atoms with Crippen molar-refractivity contribution in [3.05, 3.63) is 29.8 Å². The Hall–Kier alpha value is -1.07. The highest BCUT2D eigenvalue weighted by molar-refractivity contribution is 7.88. The van der Waals surface area contributed by atoms with E-state index >= 15 is 0 Å². The third kappa shape index (κ3) is 4.51. The molecule has 0 heterocycles. The van der Waals surface area contributed by atoms with Crippen molar-refractivity contribution in [3.63, 3.8) is 0 Å². The number of nitrogens with zero attached hydrogens (tertiary/aromatic N) is 1. The van der Waals surface area contributed by atoms with Gasteiger partial charge in [-0.2, -0.15) is 4.31 Å². The average molecular weight is 284 g/mol. The van der Waals surface area contributed by atoms with Crippen molar-refractivity contribution in [2.24, 2.45) is 5.92 Å². The van der Waals surface area contributed by atoms with E-state index in [2.05, 4.69) is 0 Å². The molecule has 5 heteroatoms. The van der Waals surface area contributed by atoms with Gasteiger partial charge in [0.25, 0.3) is 0 Å². The third-order valence-corrected chi connectivity index (χ3v) is 4.83. The van der Waals surface area contributed by atoms with E-state index in [1.807, 2.05) is 33.8 Å². The van der Waals surface area contributed by atoms with Crippen molar-refractivity contribution in [1.82, 2.24) is 4.31 Å². The number of benzene rings is 1. The van der Waals surface area contributed by atoms with Crippen molar-refractivity contribution in [2.45, 2.75) is 39.5 Å². The summed E-state index contributed by atoms with van der Waals surface area (Å²) in [5.74, 6) is 0.259. The zero-order valence-electron chi connectivity index (χ0n) is 12.1. The Kier molecular flexibility index (Phi) is 5.38. The van der Waals surface area contributed by atoms with Crippen LogP contribution < -0.4 is 5.73 Å². The van der Waals surface area contributed by atoms with Gasteiger partial charge in [-0.1, -0.05) is 32.0 Å². The van der Waals surface area contributed by atoms with Gasteiger partial charge in [-0.15, -0.1) is 0 Å². The van der Waals surface area contributed by atoms with E-state index in [9.17, 15) is 8.42 Å². The maximum absolute atomic E-state index is 12.5. The maximum atomic E-state index is 12.5. The van der Waals surface area contributed by atoms with Crippen molar-refractivity contribution in [2.75, 3.05) is 12.3 Å². The second-order valence-electron chi connectivity index (χ2n) is 5.51. The molecular weight excluding hydrogens is 260 g/mol. The number of nitrogen functional groups attached to an aromatic ring is 1. The molecule has 1 aromatic carbocycles. The van der Waals surface area contributed by atoms with Crippen LogP contribution in [-0.4, -0.2) is 25.3 Å². The summed E-state index contributed by atoms with van der Waals surface area (Å²) in [6, 6.07) is 7.06. The van der Waals surface area contributed by atoms with Gasteiger partial charge in [0.15, 0.2) is 0 Å². The Bertz CT molecular complexity index is 510. The minimum atomic E-state index is -3.34. The quantitative estimate of drug-likeness (QED) is 0.816. The highest BCUT2D eigenvalue weighted by Gasteiger charge is 2.26. The summed E-state index contributed by atoms with van der Waals surface area (Å²) in [4.78, 5) is 0. The van der Waals surface area contributed by atoms with Crippen molar-refractivity contribution in [3.8, 4) is 0 Å². The molecule has 0 spiro atoms. The van der Waals surface area contributed by atoms with Gasteiger partial charge in [0, 0.05) is 18.3 Å². The van der Waals surface area contributed by atoms with Crippen molar-refractivity contribution < 1.29 is 8.42 Å². The van der Waals surface area contributed by atoms with Crippen LogP contribution in [0, 0.1) is 5.92 Å². The molecule has 0 atom stereocenters. The molecule has 0 radical (unpaired) electrons. The molecule has 2 N–H and O–H groups in total. The van der Waals surface area contributed by atoms with Gasteiger partial charge in [-0.05, 0) is 31.4 Å². The first-order valence-corrected chi connectivity index (χ1v) is 8.18. The molecular formula is C14H24N2O2S. The fourth-order valence-electron chi connectivity index (χ4n) is 1.95. The molecule has 0 unspecified atom stereocenters. The SMILES string of the molecule is CC(C)CN(C(C)C)S(=O)(=O)Cc1ccccc1N. The van der Waals surface area contributed by atoms with E-state index < -0.39 is 10.0 Å². The van der Waals surface area contributed by atoms with Gasteiger partial charge in [0.05, 0.1) is 5.75 Å². The molecule has 0 saturated heterocycles. The third-order valence-electron chi connectivity index (χ3n) is 2.87. The summed E-state index contributed by atoms with van der Waals surface area (Å²) in [5, 5.41) is 0. The first-order chi connectivity index (χ1) is 8.74. The second-order valence-corrected chi connectivity index (χ2v) is 7.43. The fourth-order valence-corrected chi connectivity index (χ4v) is 3.94. The lowest BCUT2D eigenvalue weighted by Gasteiger charge is -2.27. The number of rotatable bonds is 6. The number of hydrogen-bond acceptors (Lipinski definition) is 3. The first kappa shape index (κ1) is 16.0. The Morgan fingerprint density at radius 1 is 1.16 bits per heavy atom. The number of sulfonamides is 1. The predicted molar refractivity (Wildman–Crippen MR) is 80.2 cm³/mol. The summed E-state index contributed by atoms with van der Waals surface area (Å²) in [6.45, 7) is 8.36. The lowest BCUT2D eigenvalue weighted by molar-refractivity contribution is 0.318. The average Bonchev–Trinajstić information content (AvgIpc) is 2.28. The van der Waals surface area contributed by atoms with Crippen LogP contribution in [0.5, 0.6) is 0 Å². The molecule has 0 aromatic heterocycles. The monoisotopic (exact) mass is 284 g/mol. The second kappa shape index (κ2) is 6.39. The Labute approximate surface area is 116 Å². The highest BCUT2D eigenvalue weighted by atomic mass is 32.2. The number of para-hydroxylation sites is 1. The highest BCUT2D eigenvalue weighted by Crippen LogP contribution is 2.19. The van der Waals surface area contributed by atoms with E-state index in [0.717, 1.165) is 0 Å². The molecule has 108 valence electrons. The minimum Gasteiger partial charge on any atom is -0.398 e. The molecule has 0 amide bonds. The molecule has 4 nitrogen and oxygen atoms in total. The summed E-state index contributed by atoms with van der Waals surface area (Å²) in [7, 11) is -3.34. The summed E-state index contributed by atoms with van der Waals surface area (Å²) >= 11 is 0. The minimum absolute atomic E-state index is 0.0371. The molecule has 0 bridgehead atoms. The summed E-state index contributed by atoms with van der Waals surface area (Å²) in [5.41, 5.74) is 7.01. The summed E-state index contributed by atoms with van der Waals surface area (Å²) < 4.78 is 26.6. The van der Waals surface area contributed by atoms with E-state index in [1.54, 1.807) is 22.5 Å². The lowest BCUT2D eigenvalue weighted by Crippen LogP contribution is -2.40. The fraction of sp³-hybridized carbons (Fsp3) is 0.571. The van der Waals surface area contributed by atoms with Crippen molar-refractivity contribution >= 4 is 15.7 Å². The number of nitrogens with two attached hydrogens (primary N) is 1. The topological polar surface area (TPSA) is 63.4 Å². The van der Waals surface area contributed by atoms with E-state index in [4.69, 9.17) is 5.73 Å². The molecule has 0 aliphatic heterocycles. The molecule has 19 heavy (non-hydrogen) atoms. The Balaban J connectivity index is 2.99. The molecule has 0 aliphatic carbocycles. The van der Waals surface area contributed by atoms with Crippen LogP contribution in [0.15, 0.2) is 24.3 Å². The van der Waals surface area contributed by atoms with Gasteiger partial charge in [0.1, 0.15) is 0 Å². The molecule has 1 rings (SSSR count). The molecule has 1 aromatic rings. The normalized spacial score (nSPS) is 12.6. The van der Waals surface area contributed by atoms with Gasteiger partial charge in [-0.25, -0.2) is 8.42 Å². The van der Waals surface area contributed by atoms with Gasteiger partial charge in [0.2, 0.25) is 10.0 Å². The molecule has 0 aliphatic rings. The van der Waals surface area contributed by atoms with Crippen LogP contribution in [0.3, 0.4) is 0 Å². The number of hydrogen-bond donors (Lipinski definition) is 1. The van der Waals surface area contributed by atoms with Crippen LogP contribution in [0.2, 0.25) is 0 Å². The predicted octanol–water partition coefficient (Wildman–Crippen LogP) is 2.46. The van der Waals surface area contributed by atoms with Crippen LogP contribution in [-0.2, 0) is 15.8 Å². The Morgan fingerprint density at radius 3 is 2.21 bits per heavy atom. The largest absolute Gasteiger partial charge is 0.398 e. The molecule has 0 fully saturated rings. The first-order valence-electron chi connectivity index (χ1n) is 6.57. The van der Waals surface area contributed by atoms with E-state index in [1.165, 1.54) is 0 Å². The smallest absolute Gasteiger partial charge is 0.218 e. The number of anilines is 1. The summed E-state index contributed by atoms with van der Waals surface area (Å²) in [6.07, 6.45) is 0. The van der Waals surface area contributed by atoms with Crippen LogP contribution in [0.1, 0.15) is 33.3 Å². The standard InChI is InChI=1S/C14H24N2O2S/c1-11(2)9-16(12(3)4)19(17,18)10-13-7-5-6-8-14(13)15/h5-8,11-12H,9-10,15H2,1-4H3. The van der Waals surface area contributed by atoms with Crippen molar-refractivity contribution in [1.29, 1.82) is 0 Å². The van der Waals surface area contributed by atoms with Crippen LogP contribution >= 0.6 is 0 Å². The van der Waals surface area contributed by atoms with Crippen LogP contribution in [0.4, 0.5) is 5.69 Å². The van der Waals surface area contributed by atoms with Gasteiger partial charge < -0.3 is 5.73 Å². The maximum Gasteiger partial charge on any atom is 0.218 e. The van der Waals surface area contributed by atoms with Gasteiger partial charge in [-0.3, -0.25) is 0 Å². The van der Waals surface area contributed by atoms with Gasteiger partial charge >= 0.3 is 0 Å².